The fraction of sp³-hybridized carbons (Fsp3) is 0.412. The van der Waals surface area contributed by atoms with Gasteiger partial charge >= 0.3 is 6.18 Å². The van der Waals surface area contributed by atoms with Crippen molar-refractivity contribution in [1.29, 1.82) is 0 Å². The van der Waals surface area contributed by atoms with Gasteiger partial charge in [0, 0.05) is 17.0 Å². The van der Waals surface area contributed by atoms with Gasteiger partial charge in [-0.3, -0.25) is 4.79 Å². The Morgan fingerprint density at radius 2 is 1.88 bits per heavy atom. The lowest BCUT2D eigenvalue weighted by Gasteiger charge is -2.44. The van der Waals surface area contributed by atoms with Gasteiger partial charge in [0.25, 0.3) is 0 Å². The minimum Gasteiger partial charge on any atom is -0.336 e. The van der Waals surface area contributed by atoms with Crippen LogP contribution in [-0.4, -0.2) is 22.3 Å². The first-order chi connectivity index (χ1) is 11.1. The largest absolute Gasteiger partial charge is 0.416 e. The summed E-state index contributed by atoms with van der Waals surface area (Å²) in [5.41, 5.74) is 0.493. The monoisotopic (exact) mass is 354 g/mol. The van der Waals surface area contributed by atoms with E-state index in [-0.39, 0.29) is 11.3 Å². The maximum atomic E-state index is 12.6. The summed E-state index contributed by atoms with van der Waals surface area (Å²) in [6.45, 7) is 6.90. The molecule has 1 aliphatic rings. The van der Waals surface area contributed by atoms with E-state index in [2.05, 4.69) is 4.98 Å². The highest BCUT2D eigenvalue weighted by atomic mass is 32.1. The molecular weight excluding hydrogens is 337 g/mol. The highest BCUT2D eigenvalue weighted by Crippen LogP contribution is 2.36. The van der Waals surface area contributed by atoms with Gasteiger partial charge in [0.1, 0.15) is 5.01 Å². The van der Waals surface area contributed by atoms with Gasteiger partial charge in [-0.2, -0.15) is 13.2 Å². The van der Waals surface area contributed by atoms with Gasteiger partial charge in [-0.15, -0.1) is 11.3 Å². The number of aromatic nitrogens is 1. The van der Waals surface area contributed by atoms with E-state index < -0.39 is 11.7 Å². The standard InChI is InChI=1S/C17H17F3N2OS/c1-10-13(8-22-9-16(2,3)15(22)23)24-14(21-10)11-4-6-12(7-5-11)17(18,19)20/h4-7H,8-9H2,1-3H3. The Kier molecular flexibility index (Phi) is 3.94. The number of thiazole rings is 1. The Labute approximate surface area is 142 Å². The number of nitrogens with zero attached hydrogens (tertiary/aromatic N) is 2. The number of aryl methyl sites for hydroxylation is 1. The second-order valence-electron chi connectivity index (χ2n) is 6.65. The number of amides is 1. The Morgan fingerprint density at radius 3 is 2.38 bits per heavy atom. The van der Waals surface area contributed by atoms with E-state index in [1.165, 1.54) is 23.5 Å². The van der Waals surface area contributed by atoms with Crippen molar-refractivity contribution in [3.63, 3.8) is 0 Å². The summed E-state index contributed by atoms with van der Waals surface area (Å²) in [5.74, 6) is 0.117. The van der Waals surface area contributed by atoms with Crippen molar-refractivity contribution in [2.75, 3.05) is 6.54 Å². The van der Waals surface area contributed by atoms with Crippen molar-refractivity contribution in [3.05, 3.63) is 40.4 Å². The van der Waals surface area contributed by atoms with Gasteiger partial charge in [0.2, 0.25) is 5.91 Å². The highest BCUT2D eigenvalue weighted by Gasteiger charge is 2.44. The van der Waals surface area contributed by atoms with Crippen LogP contribution >= 0.6 is 11.3 Å². The molecule has 0 atom stereocenters. The molecule has 0 N–H and O–H groups in total. The van der Waals surface area contributed by atoms with E-state index in [0.717, 1.165) is 22.7 Å². The predicted molar refractivity (Wildman–Crippen MR) is 86.5 cm³/mol. The molecule has 1 aliphatic heterocycles. The predicted octanol–water partition coefficient (Wildman–Crippen LogP) is 4.51. The molecule has 0 bridgehead atoms. The smallest absolute Gasteiger partial charge is 0.336 e. The molecule has 3 rings (SSSR count). The molecule has 0 unspecified atom stereocenters. The van der Waals surface area contributed by atoms with Crippen LogP contribution in [0.5, 0.6) is 0 Å². The molecule has 0 aliphatic carbocycles. The van der Waals surface area contributed by atoms with Crippen molar-refractivity contribution < 1.29 is 18.0 Å². The summed E-state index contributed by atoms with van der Waals surface area (Å²) in [4.78, 5) is 19.2. The molecule has 128 valence electrons. The van der Waals surface area contributed by atoms with Gasteiger partial charge in [-0.1, -0.05) is 12.1 Å². The number of carbonyl (C=O) groups excluding carboxylic acids is 1. The number of hydrogen-bond acceptors (Lipinski definition) is 3. The van der Waals surface area contributed by atoms with E-state index in [9.17, 15) is 18.0 Å². The second kappa shape index (κ2) is 5.58. The van der Waals surface area contributed by atoms with Gasteiger partial charge in [-0.05, 0) is 32.9 Å². The first-order valence-electron chi connectivity index (χ1n) is 7.51. The van der Waals surface area contributed by atoms with Crippen LogP contribution in [0.3, 0.4) is 0 Å². The number of hydrogen-bond donors (Lipinski definition) is 0. The third kappa shape index (κ3) is 3.05. The molecule has 2 heterocycles. The van der Waals surface area contributed by atoms with Gasteiger partial charge in [-0.25, -0.2) is 4.98 Å². The highest BCUT2D eigenvalue weighted by molar-refractivity contribution is 7.15. The fourth-order valence-electron chi connectivity index (χ4n) is 2.75. The SMILES string of the molecule is Cc1nc(-c2ccc(C(F)(F)F)cc2)sc1CN1CC(C)(C)C1=O. The van der Waals surface area contributed by atoms with Crippen LogP contribution in [-0.2, 0) is 17.5 Å². The molecule has 1 aromatic heterocycles. The molecule has 3 nitrogen and oxygen atoms in total. The average molecular weight is 354 g/mol. The van der Waals surface area contributed by atoms with Crippen molar-refractivity contribution in [2.24, 2.45) is 5.41 Å². The molecular formula is C17H17F3N2OS. The number of carbonyl (C=O) groups is 1. The van der Waals surface area contributed by atoms with Crippen LogP contribution in [0.4, 0.5) is 13.2 Å². The zero-order valence-corrected chi connectivity index (χ0v) is 14.4. The molecule has 2 aromatic rings. The first kappa shape index (κ1) is 17.0. The lowest BCUT2D eigenvalue weighted by Crippen LogP contribution is -2.57. The maximum Gasteiger partial charge on any atom is 0.416 e. The van der Waals surface area contributed by atoms with Crippen LogP contribution < -0.4 is 0 Å². The number of likely N-dealkylation sites (tertiary alicyclic amines) is 1. The Balaban J connectivity index is 1.78. The minimum atomic E-state index is -4.34. The number of benzene rings is 1. The quantitative estimate of drug-likeness (QED) is 0.760. The second-order valence-corrected chi connectivity index (χ2v) is 7.73. The summed E-state index contributed by atoms with van der Waals surface area (Å²) >= 11 is 1.42. The molecule has 1 aromatic carbocycles. The lowest BCUT2D eigenvalue weighted by atomic mass is 9.83. The molecule has 1 fully saturated rings. The summed E-state index contributed by atoms with van der Waals surface area (Å²) in [7, 11) is 0. The van der Waals surface area contributed by atoms with Gasteiger partial charge in [0.05, 0.1) is 23.2 Å². The molecule has 0 saturated carbocycles. The zero-order valence-electron chi connectivity index (χ0n) is 13.6. The van der Waals surface area contributed by atoms with E-state index in [0.29, 0.717) is 23.7 Å². The van der Waals surface area contributed by atoms with E-state index in [1.54, 1.807) is 4.90 Å². The summed E-state index contributed by atoms with van der Waals surface area (Å²) in [6.07, 6.45) is -4.34. The van der Waals surface area contributed by atoms with Crippen LogP contribution in [0.25, 0.3) is 10.6 Å². The Bertz CT molecular complexity index is 778. The van der Waals surface area contributed by atoms with Crippen molar-refractivity contribution in [1.82, 2.24) is 9.88 Å². The van der Waals surface area contributed by atoms with Crippen LogP contribution in [0, 0.1) is 12.3 Å². The van der Waals surface area contributed by atoms with Crippen LogP contribution in [0.2, 0.25) is 0 Å². The summed E-state index contributed by atoms with van der Waals surface area (Å²) in [6, 6.07) is 4.99. The van der Waals surface area contributed by atoms with Crippen molar-refractivity contribution >= 4 is 17.2 Å². The first-order valence-corrected chi connectivity index (χ1v) is 8.33. The van der Waals surface area contributed by atoms with E-state index in [1.807, 2.05) is 20.8 Å². The molecule has 0 spiro atoms. The number of alkyl halides is 3. The van der Waals surface area contributed by atoms with Crippen LogP contribution in [0.1, 0.15) is 30.0 Å². The molecule has 1 amide bonds. The number of rotatable bonds is 3. The third-order valence-corrected chi connectivity index (χ3v) is 5.33. The average Bonchev–Trinajstić information content (AvgIpc) is 2.87. The number of halogens is 3. The zero-order chi connectivity index (χ0) is 17.7. The Hall–Kier alpha value is -1.89. The van der Waals surface area contributed by atoms with Gasteiger partial charge < -0.3 is 4.90 Å². The summed E-state index contributed by atoms with van der Waals surface area (Å²) < 4.78 is 37.9. The summed E-state index contributed by atoms with van der Waals surface area (Å²) in [5, 5.41) is 0.670. The normalized spacial score (nSPS) is 17.1. The molecule has 7 heteroatoms. The third-order valence-electron chi connectivity index (χ3n) is 4.14. The molecule has 24 heavy (non-hydrogen) atoms. The Morgan fingerprint density at radius 1 is 1.25 bits per heavy atom. The lowest BCUT2D eigenvalue weighted by molar-refractivity contribution is -0.157. The van der Waals surface area contributed by atoms with Crippen LogP contribution in [0.15, 0.2) is 24.3 Å². The van der Waals surface area contributed by atoms with Crippen molar-refractivity contribution in [2.45, 2.75) is 33.5 Å². The minimum absolute atomic E-state index is 0.117. The topological polar surface area (TPSA) is 33.2 Å². The van der Waals surface area contributed by atoms with E-state index in [4.69, 9.17) is 0 Å². The van der Waals surface area contributed by atoms with Crippen molar-refractivity contribution in [3.8, 4) is 10.6 Å². The fourth-order valence-corrected chi connectivity index (χ4v) is 3.84. The van der Waals surface area contributed by atoms with Gasteiger partial charge in [0.15, 0.2) is 0 Å². The van der Waals surface area contributed by atoms with E-state index >= 15 is 0 Å². The number of β-lactam (4-membered cyclic amide) rings is 1. The molecule has 0 radical (unpaired) electrons. The maximum absolute atomic E-state index is 12.6. The molecule has 1 saturated heterocycles.